The first-order valence-corrected chi connectivity index (χ1v) is 7.46. The van der Waals surface area contributed by atoms with E-state index in [1.54, 1.807) is 39.0 Å². The molecular formula is C17H25NO6. The first-order valence-electron chi connectivity index (χ1n) is 7.46. The van der Waals surface area contributed by atoms with Crippen molar-refractivity contribution in [3.05, 3.63) is 23.8 Å². The highest BCUT2D eigenvalue weighted by Crippen LogP contribution is 2.28. The minimum Gasteiger partial charge on any atom is -0.497 e. The molecule has 2 N–H and O–H groups in total. The number of aliphatic carboxylic acids is 1. The van der Waals surface area contributed by atoms with E-state index in [0.717, 1.165) is 0 Å². The maximum absolute atomic E-state index is 12.0. The van der Waals surface area contributed by atoms with E-state index in [-0.39, 0.29) is 6.42 Å². The number of carboxylic acids is 1. The summed E-state index contributed by atoms with van der Waals surface area (Å²) in [6.07, 6.45) is -0.769. The van der Waals surface area contributed by atoms with Gasteiger partial charge in [-0.15, -0.1) is 0 Å². The van der Waals surface area contributed by atoms with E-state index >= 15 is 0 Å². The van der Waals surface area contributed by atoms with Crippen molar-refractivity contribution in [2.24, 2.45) is 0 Å². The molecule has 0 saturated carbocycles. The van der Waals surface area contributed by atoms with E-state index in [1.807, 2.05) is 0 Å². The van der Waals surface area contributed by atoms with Gasteiger partial charge >= 0.3 is 12.1 Å². The molecule has 0 heterocycles. The van der Waals surface area contributed by atoms with Gasteiger partial charge in [0, 0.05) is 12.5 Å². The summed E-state index contributed by atoms with van der Waals surface area (Å²) in [5.74, 6) is -0.105. The highest BCUT2D eigenvalue weighted by Gasteiger charge is 2.37. The number of methoxy groups -OCH3 is 2. The summed E-state index contributed by atoms with van der Waals surface area (Å²) in [6.45, 7) is 6.54. The Kier molecular flexibility index (Phi) is 6.06. The SMILES string of the molecule is COc1ccc(CC(C)(NC(=O)OC(C)(C)C)C(=O)O)c(OC)c1. The number of amides is 1. The number of hydrogen-bond acceptors (Lipinski definition) is 5. The Hall–Kier alpha value is -2.44. The molecule has 134 valence electrons. The van der Waals surface area contributed by atoms with E-state index in [0.29, 0.717) is 17.1 Å². The first kappa shape index (κ1) is 19.6. The third kappa shape index (κ3) is 5.33. The lowest BCUT2D eigenvalue weighted by Gasteiger charge is -2.29. The quantitative estimate of drug-likeness (QED) is 0.827. The van der Waals surface area contributed by atoms with Crippen molar-refractivity contribution in [2.75, 3.05) is 14.2 Å². The zero-order valence-electron chi connectivity index (χ0n) is 14.9. The van der Waals surface area contributed by atoms with Gasteiger partial charge in [-0.05, 0) is 39.3 Å². The zero-order valence-corrected chi connectivity index (χ0v) is 14.9. The van der Waals surface area contributed by atoms with Crippen LogP contribution < -0.4 is 14.8 Å². The topological polar surface area (TPSA) is 94.1 Å². The maximum Gasteiger partial charge on any atom is 0.408 e. The Morgan fingerprint density at radius 2 is 1.75 bits per heavy atom. The standard InChI is InChI=1S/C17H25NO6/c1-16(2,3)24-15(21)18-17(4,14(19)20)10-11-7-8-12(22-5)9-13(11)23-6/h7-9H,10H2,1-6H3,(H,18,21)(H,19,20). The third-order valence-electron chi connectivity index (χ3n) is 3.29. The minimum atomic E-state index is -1.55. The molecule has 1 unspecified atom stereocenters. The fourth-order valence-electron chi connectivity index (χ4n) is 2.08. The molecule has 0 spiro atoms. The normalized spacial score (nSPS) is 13.6. The van der Waals surface area contributed by atoms with E-state index < -0.39 is 23.2 Å². The molecule has 1 rings (SSSR count). The van der Waals surface area contributed by atoms with Gasteiger partial charge in [0.15, 0.2) is 0 Å². The van der Waals surface area contributed by atoms with Gasteiger partial charge in [-0.25, -0.2) is 9.59 Å². The van der Waals surface area contributed by atoms with Gasteiger partial charge in [0.2, 0.25) is 0 Å². The number of benzene rings is 1. The Morgan fingerprint density at radius 1 is 1.12 bits per heavy atom. The van der Waals surface area contributed by atoms with Gasteiger partial charge in [-0.3, -0.25) is 0 Å². The fourth-order valence-corrected chi connectivity index (χ4v) is 2.08. The number of carboxylic acid groups (broad SMARTS) is 1. The second-order valence-electron chi connectivity index (χ2n) is 6.62. The Labute approximate surface area is 141 Å². The van der Waals surface area contributed by atoms with Crippen LogP contribution in [0.1, 0.15) is 33.3 Å². The van der Waals surface area contributed by atoms with Crippen LogP contribution in [0.2, 0.25) is 0 Å². The van der Waals surface area contributed by atoms with Crippen molar-refractivity contribution < 1.29 is 28.9 Å². The summed E-state index contributed by atoms with van der Waals surface area (Å²) in [5.41, 5.74) is -1.65. The van der Waals surface area contributed by atoms with Crippen LogP contribution >= 0.6 is 0 Å². The van der Waals surface area contributed by atoms with Crippen LogP contribution in [0.4, 0.5) is 4.79 Å². The summed E-state index contributed by atoms with van der Waals surface area (Å²) >= 11 is 0. The molecule has 0 bridgehead atoms. The number of hydrogen-bond donors (Lipinski definition) is 2. The number of nitrogens with one attached hydrogen (secondary N) is 1. The van der Waals surface area contributed by atoms with Gasteiger partial charge in [0.25, 0.3) is 0 Å². The van der Waals surface area contributed by atoms with Crippen molar-refractivity contribution in [3.8, 4) is 11.5 Å². The van der Waals surface area contributed by atoms with Gasteiger partial charge in [-0.2, -0.15) is 0 Å². The Morgan fingerprint density at radius 3 is 2.21 bits per heavy atom. The highest BCUT2D eigenvalue weighted by molar-refractivity contribution is 5.84. The van der Waals surface area contributed by atoms with Crippen molar-refractivity contribution in [1.29, 1.82) is 0 Å². The molecule has 0 aliphatic heterocycles. The molecule has 0 aromatic heterocycles. The van der Waals surface area contributed by atoms with Crippen molar-refractivity contribution in [2.45, 2.75) is 45.3 Å². The van der Waals surface area contributed by atoms with E-state index in [9.17, 15) is 14.7 Å². The van der Waals surface area contributed by atoms with Gasteiger partial charge in [-0.1, -0.05) is 6.07 Å². The number of ether oxygens (including phenoxy) is 3. The predicted octanol–water partition coefficient (Wildman–Crippen LogP) is 2.61. The van der Waals surface area contributed by atoms with Crippen LogP contribution in [0.15, 0.2) is 18.2 Å². The molecule has 0 radical (unpaired) electrons. The summed E-state index contributed by atoms with van der Waals surface area (Å²) in [7, 11) is 3.01. The van der Waals surface area contributed by atoms with Crippen LogP contribution in [0.25, 0.3) is 0 Å². The molecule has 1 aromatic carbocycles. The summed E-state index contributed by atoms with van der Waals surface area (Å²) in [4.78, 5) is 23.7. The second-order valence-corrected chi connectivity index (χ2v) is 6.62. The van der Waals surface area contributed by atoms with Crippen LogP contribution in [-0.4, -0.2) is 42.5 Å². The Bertz CT molecular complexity index is 608. The van der Waals surface area contributed by atoms with E-state index in [1.165, 1.54) is 21.1 Å². The van der Waals surface area contributed by atoms with E-state index in [4.69, 9.17) is 14.2 Å². The predicted molar refractivity (Wildman–Crippen MR) is 88.7 cm³/mol. The Balaban J connectivity index is 3.04. The molecule has 0 fully saturated rings. The van der Waals surface area contributed by atoms with Crippen LogP contribution in [0.5, 0.6) is 11.5 Å². The van der Waals surface area contributed by atoms with Crippen molar-refractivity contribution >= 4 is 12.1 Å². The fraction of sp³-hybridized carbons (Fsp3) is 0.529. The molecule has 24 heavy (non-hydrogen) atoms. The van der Waals surface area contributed by atoms with Crippen molar-refractivity contribution in [1.82, 2.24) is 5.32 Å². The average molecular weight is 339 g/mol. The monoisotopic (exact) mass is 339 g/mol. The van der Waals surface area contributed by atoms with Gasteiger partial charge in [0.1, 0.15) is 22.6 Å². The maximum atomic E-state index is 12.0. The van der Waals surface area contributed by atoms with Crippen LogP contribution in [-0.2, 0) is 16.0 Å². The number of rotatable bonds is 6. The molecule has 1 aromatic rings. The molecule has 1 amide bonds. The lowest BCUT2D eigenvalue weighted by Crippen LogP contribution is -2.54. The zero-order chi connectivity index (χ0) is 18.5. The molecule has 7 heteroatoms. The van der Waals surface area contributed by atoms with Gasteiger partial charge < -0.3 is 24.6 Å². The second kappa shape index (κ2) is 7.42. The molecule has 7 nitrogen and oxygen atoms in total. The summed E-state index contributed by atoms with van der Waals surface area (Å²) < 4.78 is 15.6. The summed E-state index contributed by atoms with van der Waals surface area (Å²) in [6, 6.07) is 5.06. The van der Waals surface area contributed by atoms with Crippen LogP contribution in [0, 0.1) is 0 Å². The number of carbonyl (C=O) groups is 2. The van der Waals surface area contributed by atoms with Crippen LogP contribution in [0.3, 0.4) is 0 Å². The highest BCUT2D eigenvalue weighted by atomic mass is 16.6. The van der Waals surface area contributed by atoms with E-state index in [2.05, 4.69) is 5.32 Å². The molecule has 0 aliphatic carbocycles. The minimum absolute atomic E-state index is 0.0226. The molecule has 0 saturated heterocycles. The largest absolute Gasteiger partial charge is 0.497 e. The molecule has 1 atom stereocenters. The molecule has 0 aliphatic rings. The number of alkyl carbamates (subject to hydrolysis) is 1. The first-order chi connectivity index (χ1) is 11.0. The smallest absolute Gasteiger partial charge is 0.408 e. The van der Waals surface area contributed by atoms with Gasteiger partial charge in [0.05, 0.1) is 14.2 Å². The lowest BCUT2D eigenvalue weighted by atomic mass is 9.92. The molecular weight excluding hydrogens is 314 g/mol. The third-order valence-corrected chi connectivity index (χ3v) is 3.29. The lowest BCUT2D eigenvalue weighted by molar-refractivity contribution is -0.144. The van der Waals surface area contributed by atoms with Crippen molar-refractivity contribution in [3.63, 3.8) is 0 Å². The number of carbonyl (C=O) groups excluding carboxylic acids is 1. The average Bonchev–Trinajstić information content (AvgIpc) is 2.45. The summed E-state index contributed by atoms with van der Waals surface area (Å²) in [5, 5.41) is 12.0.